The number of fused-ring (bicyclic) bond motifs is 2. The average molecular weight is 260 g/mol. The van der Waals surface area contributed by atoms with E-state index in [0.717, 1.165) is 19.3 Å². The Morgan fingerprint density at radius 3 is 2.53 bits per heavy atom. The van der Waals surface area contributed by atoms with E-state index in [1.54, 1.807) is 0 Å². The summed E-state index contributed by atoms with van der Waals surface area (Å²) in [5, 5.41) is 11.6. The fourth-order valence-electron chi connectivity index (χ4n) is 4.70. The van der Waals surface area contributed by atoms with Crippen molar-refractivity contribution in [2.75, 3.05) is 0 Å². The maximum Gasteiger partial charge on any atom is 0.0955 e. The Bertz CT molecular complexity index is 447. The van der Waals surface area contributed by atoms with Crippen molar-refractivity contribution >= 4 is 0 Å². The van der Waals surface area contributed by atoms with Crippen LogP contribution < -0.4 is 0 Å². The minimum absolute atomic E-state index is 0.0475. The van der Waals surface area contributed by atoms with Gasteiger partial charge in [0.15, 0.2) is 0 Å². The molecule has 1 N–H and O–H groups in total. The molecule has 0 spiro atoms. The zero-order chi connectivity index (χ0) is 13.9. The van der Waals surface area contributed by atoms with Crippen LogP contribution in [0, 0.1) is 22.7 Å². The minimum Gasteiger partial charge on any atom is -0.385 e. The molecule has 4 rings (SSSR count). The highest BCUT2D eigenvalue weighted by atomic mass is 16.3. The van der Waals surface area contributed by atoms with Crippen molar-refractivity contribution in [2.24, 2.45) is 22.7 Å². The maximum absolute atomic E-state index is 11.6. The van der Waals surface area contributed by atoms with Gasteiger partial charge in [0.1, 0.15) is 0 Å². The first-order chi connectivity index (χ1) is 8.80. The molecule has 0 aromatic heterocycles. The Morgan fingerprint density at radius 2 is 1.95 bits per heavy atom. The van der Waals surface area contributed by atoms with Crippen LogP contribution in [0.2, 0.25) is 0 Å². The first-order valence-electron chi connectivity index (χ1n) is 7.93. The van der Waals surface area contributed by atoms with Gasteiger partial charge in [-0.25, -0.2) is 0 Å². The summed E-state index contributed by atoms with van der Waals surface area (Å²) >= 11 is 0. The summed E-state index contributed by atoms with van der Waals surface area (Å²) in [5.74, 6) is 1.22. The Balaban J connectivity index is 2.02. The first-order valence-corrected chi connectivity index (χ1v) is 7.93. The molecule has 1 fully saturated rings. The van der Waals surface area contributed by atoms with Crippen molar-refractivity contribution in [2.45, 2.75) is 65.4 Å². The molecular weight excluding hydrogens is 232 g/mol. The molecule has 1 saturated carbocycles. The van der Waals surface area contributed by atoms with Gasteiger partial charge in [0.05, 0.1) is 5.60 Å². The number of hydrogen-bond donors (Lipinski definition) is 1. The highest BCUT2D eigenvalue weighted by molar-refractivity contribution is 5.36. The molecule has 1 heteroatoms. The minimum atomic E-state index is -0.597. The van der Waals surface area contributed by atoms with Crippen molar-refractivity contribution in [1.82, 2.24) is 0 Å². The van der Waals surface area contributed by atoms with Crippen LogP contribution in [-0.4, -0.2) is 10.7 Å². The predicted octanol–water partition coefficient (Wildman–Crippen LogP) is 4.48. The topological polar surface area (TPSA) is 20.2 Å². The van der Waals surface area contributed by atoms with Crippen LogP contribution in [0.3, 0.4) is 0 Å². The van der Waals surface area contributed by atoms with E-state index in [0.29, 0.717) is 11.8 Å². The third-order valence-electron chi connectivity index (χ3n) is 6.20. The third-order valence-corrected chi connectivity index (χ3v) is 6.20. The summed E-state index contributed by atoms with van der Waals surface area (Å²) in [6.07, 6.45) is 12.7. The standard InChI is InChI=1S/C18H28O/c1-13(2)14-6-5-7-15(14)18(19)12-16(3)8-10-17(18,4)11-9-16/h7-8,10,13-14,19H,5-6,9,11-12H2,1-4H3/t14-,16-,17+,18-/m0/s1. The van der Waals surface area contributed by atoms with E-state index < -0.39 is 5.60 Å². The SMILES string of the molecule is CC(C)[C@@H]1CCC=C1[C@@]1(O)C[C@@]2(C)C=C[C@]1(C)CC2. The second kappa shape index (κ2) is 3.97. The highest BCUT2D eigenvalue weighted by Crippen LogP contribution is 2.61. The molecule has 0 aliphatic heterocycles. The molecular formula is C18H28O. The summed E-state index contributed by atoms with van der Waals surface area (Å²) in [5.41, 5.74) is 0.923. The summed E-state index contributed by atoms with van der Waals surface area (Å²) in [6, 6.07) is 0. The van der Waals surface area contributed by atoms with Crippen molar-refractivity contribution < 1.29 is 5.11 Å². The second-order valence-electron chi connectivity index (χ2n) is 8.03. The van der Waals surface area contributed by atoms with Crippen molar-refractivity contribution in [3.63, 3.8) is 0 Å². The van der Waals surface area contributed by atoms with Crippen LogP contribution in [0.4, 0.5) is 0 Å². The zero-order valence-electron chi connectivity index (χ0n) is 12.9. The highest BCUT2D eigenvalue weighted by Gasteiger charge is 2.58. The molecule has 0 saturated heterocycles. The van der Waals surface area contributed by atoms with Gasteiger partial charge in [-0.3, -0.25) is 0 Å². The molecule has 1 nitrogen and oxygen atoms in total. The molecule has 106 valence electrons. The largest absolute Gasteiger partial charge is 0.385 e. The molecule has 0 heterocycles. The number of aliphatic hydroxyl groups is 1. The van der Waals surface area contributed by atoms with E-state index in [1.807, 2.05) is 0 Å². The Labute approximate surface area is 117 Å². The van der Waals surface area contributed by atoms with E-state index in [1.165, 1.54) is 18.4 Å². The molecule has 0 amide bonds. The number of hydrogen-bond acceptors (Lipinski definition) is 1. The van der Waals surface area contributed by atoms with Crippen LogP contribution >= 0.6 is 0 Å². The fourth-order valence-corrected chi connectivity index (χ4v) is 4.70. The molecule has 0 aromatic carbocycles. The summed E-state index contributed by atoms with van der Waals surface area (Å²) in [6.45, 7) is 9.17. The van der Waals surface area contributed by atoms with Gasteiger partial charge >= 0.3 is 0 Å². The molecule has 0 radical (unpaired) electrons. The molecule has 19 heavy (non-hydrogen) atoms. The molecule has 4 atom stereocenters. The number of rotatable bonds is 2. The lowest BCUT2D eigenvalue weighted by atomic mass is 9.49. The molecule has 0 unspecified atom stereocenters. The quantitative estimate of drug-likeness (QED) is 0.726. The van der Waals surface area contributed by atoms with Gasteiger partial charge in [0, 0.05) is 5.41 Å². The smallest absolute Gasteiger partial charge is 0.0955 e. The van der Waals surface area contributed by atoms with Crippen molar-refractivity contribution in [3.05, 3.63) is 23.8 Å². The molecule has 4 aliphatic carbocycles. The summed E-state index contributed by atoms with van der Waals surface area (Å²) in [4.78, 5) is 0. The van der Waals surface area contributed by atoms with Gasteiger partial charge in [0.25, 0.3) is 0 Å². The molecule has 2 bridgehead atoms. The molecule has 0 aromatic rings. The number of allylic oxidation sites excluding steroid dienone is 2. The maximum atomic E-state index is 11.6. The van der Waals surface area contributed by atoms with Gasteiger partial charge in [-0.2, -0.15) is 0 Å². The van der Waals surface area contributed by atoms with E-state index in [-0.39, 0.29) is 10.8 Å². The van der Waals surface area contributed by atoms with E-state index in [4.69, 9.17) is 0 Å². The van der Waals surface area contributed by atoms with E-state index in [2.05, 4.69) is 45.9 Å². The monoisotopic (exact) mass is 260 g/mol. The summed E-state index contributed by atoms with van der Waals surface area (Å²) < 4.78 is 0. The fraction of sp³-hybridized carbons (Fsp3) is 0.778. The van der Waals surface area contributed by atoms with Gasteiger partial charge in [0.2, 0.25) is 0 Å². The summed E-state index contributed by atoms with van der Waals surface area (Å²) in [7, 11) is 0. The van der Waals surface area contributed by atoms with Gasteiger partial charge < -0.3 is 5.11 Å². The normalized spacial score (nSPS) is 48.9. The van der Waals surface area contributed by atoms with E-state index in [9.17, 15) is 5.11 Å². The van der Waals surface area contributed by atoms with Crippen LogP contribution in [-0.2, 0) is 0 Å². The lowest BCUT2D eigenvalue weighted by Crippen LogP contribution is -2.57. The predicted molar refractivity (Wildman–Crippen MR) is 79.8 cm³/mol. The van der Waals surface area contributed by atoms with Gasteiger partial charge in [-0.05, 0) is 54.9 Å². The third kappa shape index (κ3) is 1.77. The van der Waals surface area contributed by atoms with Crippen LogP contribution in [0.5, 0.6) is 0 Å². The first kappa shape index (κ1) is 13.4. The Hall–Kier alpha value is -0.560. The lowest BCUT2D eigenvalue weighted by Gasteiger charge is -2.58. The van der Waals surface area contributed by atoms with Crippen molar-refractivity contribution in [1.29, 1.82) is 0 Å². The van der Waals surface area contributed by atoms with Crippen molar-refractivity contribution in [3.8, 4) is 0 Å². The average Bonchev–Trinajstić information content (AvgIpc) is 2.82. The second-order valence-corrected chi connectivity index (χ2v) is 8.03. The molecule has 4 aliphatic rings. The van der Waals surface area contributed by atoms with Gasteiger partial charge in [-0.1, -0.05) is 45.9 Å². The zero-order valence-corrected chi connectivity index (χ0v) is 12.9. The van der Waals surface area contributed by atoms with Crippen LogP contribution in [0.25, 0.3) is 0 Å². The Morgan fingerprint density at radius 1 is 1.21 bits per heavy atom. The van der Waals surface area contributed by atoms with Gasteiger partial charge in [-0.15, -0.1) is 0 Å². The van der Waals surface area contributed by atoms with Crippen LogP contribution in [0.15, 0.2) is 23.8 Å². The van der Waals surface area contributed by atoms with E-state index >= 15 is 0 Å². The Kier molecular flexibility index (Phi) is 2.81. The lowest BCUT2D eigenvalue weighted by molar-refractivity contribution is -0.0984. The van der Waals surface area contributed by atoms with Crippen LogP contribution in [0.1, 0.15) is 59.8 Å².